The molecular weight excluding hydrogens is 358 g/mol. The summed E-state index contributed by atoms with van der Waals surface area (Å²) in [5, 5.41) is 0. The van der Waals surface area contributed by atoms with Gasteiger partial charge in [-0.15, -0.1) is 4.99 Å². The molecule has 28 heavy (non-hydrogen) atoms. The molecule has 1 heterocycles. The summed E-state index contributed by atoms with van der Waals surface area (Å²) in [5.74, 6) is 0.596. The Morgan fingerprint density at radius 3 is 2.18 bits per heavy atom. The molecule has 1 aromatic heterocycles. The number of benzene rings is 2. The standard InChI is InChI=1S/C21H23N3O4/c1-4-13-23-17-7-5-6-8-18(17)24(20(23)22-21(26)28-3)14-19(25)15-9-11-16(27-2)12-10-15/h5-12H,4,13-14H2,1-3H3. The highest BCUT2D eigenvalue weighted by atomic mass is 16.5. The number of hydrogen-bond donors (Lipinski definition) is 0. The monoisotopic (exact) mass is 381 g/mol. The first-order valence-electron chi connectivity index (χ1n) is 9.07. The molecule has 0 aliphatic rings. The van der Waals surface area contributed by atoms with Crippen molar-refractivity contribution in [3.8, 4) is 5.75 Å². The van der Waals surface area contributed by atoms with Crippen molar-refractivity contribution in [3.63, 3.8) is 0 Å². The molecule has 0 saturated heterocycles. The molecule has 146 valence electrons. The number of para-hydroxylation sites is 2. The van der Waals surface area contributed by atoms with Crippen molar-refractivity contribution in [1.82, 2.24) is 9.13 Å². The fourth-order valence-corrected chi connectivity index (χ4v) is 3.14. The molecule has 0 spiro atoms. The molecule has 7 nitrogen and oxygen atoms in total. The summed E-state index contributed by atoms with van der Waals surface area (Å²) < 4.78 is 13.6. The Morgan fingerprint density at radius 1 is 0.964 bits per heavy atom. The number of aryl methyl sites for hydroxylation is 1. The minimum Gasteiger partial charge on any atom is -0.497 e. The largest absolute Gasteiger partial charge is 0.497 e. The Bertz CT molecular complexity index is 1060. The van der Waals surface area contributed by atoms with Crippen LogP contribution in [0.2, 0.25) is 0 Å². The summed E-state index contributed by atoms with van der Waals surface area (Å²) in [6, 6.07) is 14.6. The summed E-state index contributed by atoms with van der Waals surface area (Å²) in [6.07, 6.45) is 0.153. The van der Waals surface area contributed by atoms with E-state index in [-0.39, 0.29) is 12.3 Å². The van der Waals surface area contributed by atoms with Crippen LogP contribution in [0, 0.1) is 0 Å². The summed E-state index contributed by atoms with van der Waals surface area (Å²) in [6.45, 7) is 2.77. The Kier molecular flexibility index (Phi) is 5.93. The zero-order valence-corrected chi connectivity index (χ0v) is 16.2. The number of rotatable bonds is 6. The highest BCUT2D eigenvalue weighted by Crippen LogP contribution is 2.16. The van der Waals surface area contributed by atoms with E-state index in [0.29, 0.717) is 23.5 Å². The quantitative estimate of drug-likeness (QED) is 0.613. The molecule has 0 unspecified atom stereocenters. The number of carbonyl (C=O) groups is 2. The fourth-order valence-electron chi connectivity index (χ4n) is 3.14. The van der Waals surface area contributed by atoms with Crippen molar-refractivity contribution in [3.05, 3.63) is 59.7 Å². The van der Waals surface area contributed by atoms with Crippen molar-refractivity contribution >= 4 is 22.9 Å². The van der Waals surface area contributed by atoms with Crippen molar-refractivity contribution < 1.29 is 19.1 Å². The first kappa shape index (κ1) is 19.4. The molecule has 0 radical (unpaired) electrons. The van der Waals surface area contributed by atoms with Crippen LogP contribution in [-0.4, -0.2) is 35.2 Å². The van der Waals surface area contributed by atoms with Crippen LogP contribution >= 0.6 is 0 Å². The maximum Gasteiger partial charge on any atom is 0.436 e. The minimum atomic E-state index is -0.703. The predicted molar refractivity (Wildman–Crippen MR) is 106 cm³/mol. The summed E-state index contributed by atoms with van der Waals surface area (Å²) in [7, 11) is 2.86. The van der Waals surface area contributed by atoms with E-state index in [0.717, 1.165) is 17.5 Å². The number of ether oxygens (including phenoxy) is 2. The molecule has 3 aromatic rings. The molecule has 3 rings (SSSR count). The highest BCUT2D eigenvalue weighted by Gasteiger charge is 2.16. The molecule has 0 aliphatic carbocycles. The average Bonchev–Trinajstić information content (AvgIpc) is 3.01. The molecule has 0 saturated carbocycles. The molecule has 0 bridgehead atoms. The predicted octanol–water partition coefficient (Wildman–Crippen LogP) is 3.41. The fraction of sp³-hybridized carbons (Fsp3) is 0.286. The summed E-state index contributed by atoms with van der Waals surface area (Å²) in [5.41, 5.74) is 2.71. The SMILES string of the molecule is CCCn1c(=NC(=O)OC)n(CC(=O)c2ccc(OC)cc2)c2ccccc21. The Balaban J connectivity index is 2.12. The van der Waals surface area contributed by atoms with Crippen molar-refractivity contribution in [2.75, 3.05) is 14.2 Å². The Hall–Kier alpha value is -3.35. The topological polar surface area (TPSA) is 74.8 Å². The molecule has 0 N–H and O–H groups in total. The summed E-state index contributed by atoms with van der Waals surface area (Å²) >= 11 is 0. The molecule has 0 aliphatic heterocycles. The van der Waals surface area contributed by atoms with Gasteiger partial charge in [0.25, 0.3) is 0 Å². The lowest BCUT2D eigenvalue weighted by Crippen LogP contribution is -2.30. The van der Waals surface area contributed by atoms with Gasteiger partial charge < -0.3 is 18.6 Å². The average molecular weight is 381 g/mol. The second-order valence-electron chi connectivity index (χ2n) is 6.26. The second kappa shape index (κ2) is 8.56. The number of methoxy groups -OCH3 is 2. The maximum atomic E-state index is 12.9. The molecule has 0 fully saturated rings. The number of Topliss-reactive ketones (excluding diaryl/α,β-unsaturated/α-hetero) is 1. The van der Waals surface area contributed by atoms with E-state index in [1.54, 1.807) is 35.9 Å². The van der Waals surface area contributed by atoms with E-state index in [1.807, 2.05) is 35.8 Å². The van der Waals surface area contributed by atoms with Gasteiger partial charge in [-0.05, 0) is 42.8 Å². The highest BCUT2D eigenvalue weighted by molar-refractivity contribution is 5.96. The van der Waals surface area contributed by atoms with Gasteiger partial charge in [-0.3, -0.25) is 4.79 Å². The zero-order chi connectivity index (χ0) is 20.1. The number of carbonyl (C=O) groups excluding carboxylic acids is 2. The number of fused-ring (bicyclic) bond motifs is 1. The normalized spacial score (nSPS) is 11.6. The van der Waals surface area contributed by atoms with Gasteiger partial charge in [0.15, 0.2) is 5.78 Å². The van der Waals surface area contributed by atoms with Crippen LogP contribution in [0.15, 0.2) is 53.5 Å². The van der Waals surface area contributed by atoms with Gasteiger partial charge >= 0.3 is 6.09 Å². The molecular formula is C21H23N3O4. The first-order valence-corrected chi connectivity index (χ1v) is 9.07. The Morgan fingerprint density at radius 2 is 1.61 bits per heavy atom. The molecule has 7 heteroatoms. The maximum absolute atomic E-state index is 12.9. The van der Waals surface area contributed by atoms with E-state index in [2.05, 4.69) is 4.99 Å². The van der Waals surface area contributed by atoms with Crippen LogP contribution in [0.1, 0.15) is 23.7 Å². The lowest BCUT2D eigenvalue weighted by atomic mass is 10.1. The number of hydrogen-bond acceptors (Lipinski definition) is 4. The van der Waals surface area contributed by atoms with Gasteiger partial charge in [0.05, 0.1) is 31.8 Å². The van der Waals surface area contributed by atoms with Crippen molar-refractivity contribution in [1.29, 1.82) is 0 Å². The van der Waals surface area contributed by atoms with Crippen LogP contribution < -0.4 is 10.4 Å². The second-order valence-corrected chi connectivity index (χ2v) is 6.26. The van der Waals surface area contributed by atoms with E-state index in [4.69, 9.17) is 9.47 Å². The lowest BCUT2D eigenvalue weighted by molar-refractivity contribution is 0.0971. The smallest absolute Gasteiger partial charge is 0.436 e. The third-order valence-corrected chi connectivity index (χ3v) is 4.47. The molecule has 0 atom stereocenters. The van der Waals surface area contributed by atoms with E-state index < -0.39 is 6.09 Å². The van der Waals surface area contributed by atoms with Crippen LogP contribution in [-0.2, 0) is 17.8 Å². The third kappa shape index (κ3) is 3.83. The first-order chi connectivity index (χ1) is 13.6. The van der Waals surface area contributed by atoms with Gasteiger partial charge in [0.1, 0.15) is 5.75 Å². The van der Waals surface area contributed by atoms with Crippen LogP contribution in [0.25, 0.3) is 11.0 Å². The van der Waals surface area contributed by atoms with Gasteiger partial charge in [0.2, 0.25) is 5.62 Å². The number of amides is 1. The van der Waals surface area contributed by atoms with E-state index in [1.165, 1.54) is 7.11 Å². The number of nitrogens with zero attached hydrogens (tertiary/aromatic N) is 3. The van der Waals surface area contributed by atoms with Gasteiger partial charge in [-0.2, -0.15) is 0 Å². The molecule has 1 amide bonds. The number of imidazole rings is 1. The van der Waals surface area contributed by atoms with Gasteiger partial charge in [-0.1, -0.05) is 19.1 Å². The number of aromatic nitrogens is 2. The van der Waals surface area contributed by atoms with E-state index >= 15 is 0 Å². The van der Waals surface area contributed by atoms with E-state index in [9.17, 15) is 9.59 Å². The Labute approximate surface area is 162 Å². The van der Waals surface area contributed by atoms with Crippen molar-refractivity contribution in [2.45, 2.75) is 26.4 Å². The van der Waals surface area contributed by atoms with Crippen LogP contribution in [0.3, 0.4) is 0 Å². The van der Waals surface area contributed by atoms with Crippen LogP contribution in [0.5, 0.6) is 5.75 Å². The third-order valence-electron chi connectivity index (χ3n) is 4.47. The lowest BCUT2D eigenvalue weighted by Gasteiger charge is -2.06. The van der Waals surface area contributed by atoms with Crippen molar-refractivity contribution in [2.24, 2.45) is 4.99 Å². The summed E-state index contributed by atoms with van der Waals surface area (Å²) in [4.78, 5) is 28.9. The zero-order valence-electron chi connectivity index (χ0n) is 16.2. The number of ketones is 1. The van der Waals surface area contributed by atoms with Gasteiger partial charge in [-0.25, -0.2) is 4.79 Å². The van der Waals surface area contributed by atoms with Crippen LogP contribution in [0.4, 0.5) is 4.79 Å². The molecule has 2 aromatic carbocycles. The van der Waals surface area contributed by atoms with Gasteiger partial charge in [0, 0.05) is 12.1 Å². The minimum absolute atomic E-state index is 0.0549.